The summed E-state index contributed by atoms with van der Waals surface area (Å²) in [6.45, 7) is 4.81. The normalized spacial score (nSPS) is 12.2. The van der Waals surface area contributed by atoms with Gasteiger partial charge in [0.25, 0.3) is 5.91 Å². The molecule has 1 atom stereocenters. The molecule has 0 fully saturated rings. The van der Waals surface area contributed by atoms with Gasteiger partial charge in [-0.25, -0.2) is 9.97 Å². The third-order valence-corrected chi connectivity index (χ3v) is 5.96. The zero-order chi connectivity index (χ0) is 21.0. The molecule has 0 spiro atoms. The molecule has 0 aliphatic carbocycles. The number of amides is 1. The number of ether oxygens (including phenoxy) is 2. The number of hydrogen-bond donors (Lipinski definition) is 1. The van der Waals surface area contributed by atoms with Crippen LogP contribution in [0.3, 0.4) is 0 Å². The third-order valence-electron chi connectivity index (χ3n) is 4.76. The van der Waals surface area contributed by atoms with Crippen LogP contribution in [-0.4, -0.2) is 55.1 Å². The van der Waals surface area contributed by atoms with Gasteiger partial charge < -0.3 is 19.7 Å². The second-order valence-electron chi connectivity index (χ2n) is 6.81. The zero-order valence-electron chi connectivity index (χ0n) is 17.4. The van der Waals surface area contributed by atoms with Crippen LogP contribution in [0, 0.1) is 6.92 Å². The second kappa shape index (κ2) is 9.19. The minimum Gasteiger partial charge on any atom is -0.497 e. The van der Waals surface area contributed by atoms with Gasteiger partial charge in [0, 0.05) is 6.54 Å². The highest BCUT2D eigenvalue weighted by molar-refractivity contribution is 7.20. The van der Waals surface area contributed by atoms with Crippen LogP contribution in [0.2, 0.25) is 0 Å². The Balaban J connectivity index is 1.80. The van der Waals surface area contributed by atoms with Crippen LogP contribution in [0.15, 0.2) is 30.6 Å². The van der Waals surface area contributed by atoms with Crippen LogP contribution in [0.25, 0.3) is 10.2 Å². The lowest BCUT2D eigenvalue weighted by Crippen LogP contribution is -2.34. The van der Waals surface area contributed by atoms with E-state index in [-0.39, 0.29) is 11.9 Å². The van der Waals surface area contributed by atoms with E-state index in [4.69, 9.17) is 9.47 Å². The molecule has 0 saturated carbocycles. The number of methoxy groups -OCH3 is 1. The number of aryl methyl sites for hydroxylation is 1. The largest absolute Gasteiger partial charge is 0.497 e. The quantitative estimate of drug-likeness (QED) is 0.609. The predicted molar refractivity (Wildman–Crippen MR) is 115 cm³/mol. The number of benzene rings is 1. The van der Waals surface area contributed by atoms with Crippen LogP contribution in [-0.2, 0) is 0 Å². The van der Waals surface area contributed by atoms with Gasteiger partial charge in [-0.15, -0.1) is 11.3 Å². The molecule has 1 aromatic carbocycles. The van der Waals surface area contributed by atoms with Gasteiger partial charge in [0.05, 0.1) is 30.0 Å². The summed E-state index contributed by atoms with van der Waals surface area (Å²) in [5.74, 6) is 1.21. The Morgan fingerprint density at radius 1 is 1.24 bits per heavy atom. The first-order valence-electron chi connectivity index (χ1n) is 9.41. The van der Waals surface area contributed by atoms with Crippen molar-refractivity contribution in [1.29, 1.82) is 0 Å². The molecule has 0 aliphatic heterocycles. The number of nitrogens with one attached hydrogen (secondary N) is 1. The molecular weight excluding hydrogens is 388 g/mol. The number of likely N-dealkylation sites (N-methyl/N-ethyl adjacent to an activating group) is 1. The fourth-order valence-electron chi connectivity index (χ4n) is 3.20. The van der Waals surface area contributed by atoms with E-state index in [9.17, 15) is 4.79 Å². The molecule has 7 nitrogen and oxygen atoms in total. The summed E-state index contributed by atoms with van der Waals surface area (Å²) in [5.41, 5.74) is 1.95. The first-order valence-corrected chi connectivity index (χ1v) is 10.2. The molecule has 29 heavy (non-hydrogen) atoms. The van der Waals surface area contributed by atoms with Gasteiger partial charge in [0.2, 0.25) is 5.88 Å². The van der Waals surface area contributed by atoms with E-state index in [2.05, 4.69) is 20.2 Å². The minimum absolute atomic E-state index is 0.0401. The molecule has 3 rings (SSSR count). The lowest BCUT2D eigenvalue weighted by Gasteiger charge is -2.25. The fraction of sp³-hybridized carbons (Fsp3) is 0.381. The standard InChI is InChI=1S/C21H26N4O3S/c1-6-28-20-17-13(2)18(29-21(17)24-12-23-20)19(26)22-11-16(25(3)4)14-7-9-15(27-5)10-8-14/h7-10,12,16H,6,11H2,1-5H3,(H,22,26). The molecule has 0 bridgehead atoms. The monoisotopic (exact) mass is 414 g/mol. The minimum atomic E-state index is -0.117. The Morgan fingerprint density at radius 2 is 1.97 bits per heavy atom. The molecule has 1 amide bonds. The molecule has 0 saturated heterocycles. The van der Waals surface area contributed by atoms with E-state index in [0.717, 1.165) is 27.1 Å². The molecule has 8 heteroatoms. The van der Waals surface area contributed by atoms with Crippen molar-refractivity contribution in [2.75, 3.05) is 34.4 Å². The Hall–Kier alpha value is -2.71. The van der Waals surface area contributed by atoms with Crippen LogP contribution in [0.5, 0.6) is 11.6 Å². The molecule has 2 aromatic heterocycles. The van der Waals surface area contributed by atoms with E-state index >= 15 is 0 Å². The molecule has 154 valence electrons. The van der Waals surface area contributed by atoms with E-state index in [0.29, 0.717) is 23.9 Å². The topological polar surface area (TPSA) is 76.6 Å². The number of fused-ring (bicyclic) bond motifs is 1. The Morgan fingerprint density at radius 3 is 2.59 bits per heavy atom. The summed E-state index contributed by atoms with van der Waals surface area (Å²) < 4.78 is 10.8. The molecule has 1 unspecified atom stereocenters. The van der Waals surface area contributed by atoms with Crippen LogP contribution in [0.4, 0.5) is 0 Å². The third kappa shape index (κ3) is 4.49. The lowest BCUT2D eigenvalue weighted by molar-refractivity contribution is 0.0945. The average molecular weight is 415 g/mol. The predicted octanol–water partition coefficient (Wildman–Crippen LogP) is 3.44. The summed E-state index contributed by atoms with van der Waals surface area (Å²) in [7, 11) is 5.64. The van der Waals surface area contributed by atoms with Crippen molar-refractivity contribution in [3.63, 3.8) is 0 Å². The van der Waals surface area contributed by atoms with Gasteiger partial charge in [0.15, 0.2) is 0 Å². The summed E-state index contributed by atoms with van der Waals surface area (Å²) in [6.07, 6.45) is 1.47. The average Bonchev–Trinajstić information content (AvgIpc) is 3.06. The SMILES string of the molecule is CCOc1ncnc2sc(C(=O)NCC(c3ccc(OC)cc3)N(C)C)c(C)c12. The number of thiophene rings is 1. The Kier molecular flexibility index (Phi) is 6.66. The molecular formula is C21H26N4O3S. The highest BCUT2D eigenvalue weighted by Gasteiger charge is 2.22. The molecule has 3 aromatic rings. The molecule has 1 N–H and O–H groups in total. The lowest BCUT2D eigenvalue weighted by atomic mass is 10.1. The summed E-state index contributed by atoms with van der Waals surface area (Å²) >= 11 is 1.36. The van der Waals surface area contributed by atoms with Crippen molar-refractivity contribution in [3.8, 4) is 11.6 Å². The number of rotatable bonds is 8. The summed E-state index contributed by atoms with van der Waals surface area (Å²) in [5, 5.41) is 3.88. The van der Waals surface area contributed by atoms with Crippen molar-refractivity contribution in [1.82, 2.24) is 20.2 Å². The van der Waals surface area contributed by atoms with Crippen molar-refractivity contribution >= 4 is 27.5 Å². The maximum atomic E-state index is 12.9. The smallest absolute Gasteiger partial charge is 0.261 e. The van der Waals surface area contributed by atoms with Crippen LogP contribution < -0.4 is 14.8 Å². The van der Waals surface area contributed by atoms with Crippen molar-refractivity contribution in [2.24, 2.45) is 0 Å². The van der Waals surface area contributed by atoms with Gasteiger partial charge in [-0.3, -0.25) is 4.79 Å². The van der Waals surface area contributed by atoms with Crippen LogP contribution >= 0.6 is 11.3 Å². The van der Waals surface area contributed by atoms with Gasteiger partial charge in [0.1, 0.15) is 16.9 Å². The molecule has 2 heterocycles. The Labute approximate surface area is 174 Å². The van der Waals surface area contributed by atoms with Crippen molar-refractivity contribution < 1.29 is 14.3 Å². The molecule has 0 radical (unpaired) electrons. The number of carbonyl (C=O) groups excluding carboxylic acids is 1. The maximum Gasteiger partial charge on any atom is 0.261 e. The Bertz CT molecular complexity index is 986. The highest BCUT2D eigenvalue weighted by atomic mass is 32.1. The first kappa shape index (κ1) is 21.0. The van der Waals surface area contributed by atoms with E-state index in [1.54, 1.807) is 7.11 Å². The van der Waals surface area contributed by atoms with Gasteiger partial charge in [-0.2, -0.15) is 0 Å². The number of carbonyl (C=O) groups is 1. The fourth-order valence-corrected chi connectivity index (χ4v) is 4.25. The van der Waals surface area contributed by atoms with Crippen molar-refractivity contribution in [2.45, 2.75) is 19.9 Å². The van der Waals surface area contributed by atoms with Crippen LogP contribution in [0.1, 0.15) is 33.8 Å². The summed E-state index contributed by atoms with van der Waals surface area (Å²) in [6, 6.07) is 7.93. The summed E-state index contributed by atoms with van der Waals surface area (Å²) in [4.78, 5) is 24.9. The van der Waals surface area contributed by atoms with Gasteiger partial charge in [-0.1, -0.05) is 12.1 Å². The highest BCUT2D eigenvalue weighted by Crippen LogP contribution is 2.34. The maximum absolute atomic E-state index is 12.9. The second-order valence-corrected chi connectivity index (χ2v) is 7.81. The van der Waals surface area contributed by atoms with E-state index in [1.165, 1.54) is 17.7 Å². The van der Waals surface area contributed by atoms with E-state index in [1.807, 2.05) is 52.2 Å². The first-order chi connectivity index (χ1) is 14.0. The number of nitrogens with zero attached hydrogens (tertiary/aromatic N) is 3. The molecule has 0 aliphatic rings. The number of aromatic nitrogens is 2. The van der Waals surface area contributed by atoms with E-state index < -0.39 is 0 Å². The van der Waals surface area contributed by atoms with Gasteiger partial charge in [-0.05, 0) is 51.2 Å². The van der Waals surface area contributed by atoms with Crippen molar-refractivity contribution in [3.05, 3.63) is 46.6 Å². The van der Waals surface area contributed by atoms with Gasteiger partial charge >= 0.3 is 0 Å². The zero-order valence-corrected chi connectivity index (χ0v) is 18.2. The number of hydrogen-bond acceptors (Lipinski definition) is 7.